The molecule has 3 heteroatoms. The first-order valence-corrected chi connectivity index (χ1v) is 8.13. The molecule has 0 amide bonds. The van der Waals surface area contributed by atoms with Gasteiger partial charge in [0.05, 0.1) is 6.54 Å². The van der Waals surface area contributed by atoms with Crippen molar-refractivity contribution >= 4 is 5.78 Å². The fourth-order valence-electron chi connectivity index (χ4n) is 3.77. The molecule has 1 aromatic rings. The maximum absolute atomic E-state index is 12.7. The SMILES string of the molecule is Cc1ccc(C)c(C(=O)CN2CC3CCCN3CC2C)c1. The predicted molar refractivity (Wildman–Crippen MR) is 85.9 cm³/mol. The Morgan fingerprint density at radius 1 is 1.29 bits per heavy atom. The number of hydrogen-bond donors (Lipinski definition) is 0. The van der Waals surface area contributed by atoms with Gasteiger partial charge in [0.25, 0.3) is 0 Å². The van der Waals surface area contributed by atoms with Gasteiger partial charge < -0.3 is 0 Å². The minimum absolute atomic E-state index is 0.273. The third-order valence-corrected chi connectivity index (χ3v) is 5.11. The summed E-state index contributed by atoms with van der Waals surface area (Å²) in [6, 6.07) is 7.32. The topological polar surface area (TPSA) is 23.6 Å². The Balaban J connectivity index is 1.70. The molecule has 0 aliphatic carbocycles. The van der Waals surface area contributed by atoms with Crippen molar-refractivity contribution in [3.8, 4) is 0 Å². The molecule has 0 N–H and O–H groups in total. The summed E-state index contributed by atoms with van der Waals surface area (Å²) < 4.78 is 0. The number of rotatable bonds is 3. The van der Waals surface area contributed by atoms with Gasteiger partial charge in [-0.25, -0.2) is 0 Å². The molecule has 0 radical (unpaired) electrons. The highest BCUT2D eigenvalue weighted by atomic mass is 16.1. The number of fused-ring (bicyclic) bond motifs is 1. The average Bonchev–Trinajstić information content (AvgIpc) is 2.88. The zero-order valence-electron chi connectivity index (χ0n) is 13.4. The summed E-state index contributed by atoms with van der Waals surface area (Å²) in [6.07, 6.45) is 2.61. The molecule has 114 valence electrons. The summed E-state index contributed by atoms with van der Waals surface area (Å²) >= 11 is 0. The summed E-state index contributed by atoms with van der Waals surface area (Å²) in [5, 5.41) is 0. The van der Waals surface area contributed by atoms with Crippen LogP contribution in [0.5, 0.6) is 0 Å². The normalized spacial score (nSPS) is 26.8. The number of benzene rings is 1. The Bertz CT molecular complexity index is 540. The molecule has 0 saturated carbocycles. The minimum Gasteiger partial charge on any atom is -0.298 e. The Kier molecular flexibility index (Phi) is 4.14. The Hall–Kier alpha value is -1.19. The number of Topliss-reactive ketones (excluding diaryl/α,β-unsaturated/α-hetero) is 1. The third kappa shape index (κ3) is 3.04. The van der Waals surface area contributed by atoms with Crippen LogP contribution in [-0.4, -0.2) is 53.8 Å². The Morgan fingerprint density at radius 3 is 2.90 bits per heavy atom. The van der Waals surface area contributed by atoms with Gasteiger partial charge in [0, 0.05) is 30.7 Å². The van der Waals surface area contributed by atoms with E-state index in [1.54, 1.807) is 0 Å². The van der Waals surface area contributed by atoms with E-state index < -0.39 is 0 Å². The van der Waals surface area contributed by atoms with E-state index in [1.807, 2.05) is 13.0 Å². The average molecular weight is 286 g/mol. The number of piperazine rings is 1. The number of aryl methyl sites for hydroxylation is 2. The molecule has 2 aliphatic heterocycles. The van der Waals surface area contributed by atoms with Crippen LogP contribution in [0.1, 0.15) is 41.3 Å². The molecular formula is C18H26N2O. The van der Waals surface area contributed by atoms with Crippen LogP contribution >= 0.6 is 0 Å². The molecule has 1 aromatic carbocycles. The third-order valence-electron chi connectivity index (χ3n) is 5.11. The highest BCUT2D eigenvalue weighted by Gasteiger charge is 2.35. The maximum Gasteiger partial charge on any atom is 0.177 e. The van der Waals surface area contributed by atoms with Crippen LogP contribution in [0.15, 0.2) is 18.2 Å². The van der Waals surface area contributed by atoms with Crippen molar-refractivity contribution in [2.24, 2.45) is 0 Å². The molecule has 2 aliphatic rings. The van der Waals surface area contributed by atoms with E-state index >= 15 is 0 Å². The van der Waals surface area contributed by atoms with Gasteiger partial charge in [0.1, 0.15) is 0 Å². The van der Waals surface area contributed by atoms with Crippen LogP contribution in [-0.2, 0) is 0 Å². The van der Waals surface area contributed by atoms with Crippen LogP contribution in [0.25, 0.3) is 0 Å². The standard InChI is InChI=1S/C18H26N2O/c1-13-6-7-14(2)17(9-13)18(21)12-20-11-16-5-4-8-19(16)10-15(20)3/h6-7,9,15-16H,4-5,8,10-12H2,1-3H3. The van der Waals surface area contributed by atoms with E-state index in [0.29, 0.717) is 18.6 Å². The van der Waals surface area contributed by atoms with Crippen LogP contribution in [0, 0.1) is 13.8 Å². The monoisotopic (exact) mass is 286 g/mol. The van der Waals surface area contributed by atoms with Crippen molar-refractivity contribution in [1.29, 1.82) is 0 Å². The zero-order chi connectivity index (χ0) is 15.0. The van der Waals surface area contributed by atoms with Gasteiger partial charge in [-0.15, -0.1) is 0 Å². The van der Waals surface area contributed by atoms with Crippen LogP contribution in [0.3, 0.4) is 0 Å². The zero-order valence-corrected chi connectivity index (χ0v) is 13.4. The van der Waals surface area contributed by atoms with E-state index in [4.69, 9.17) is 0 Å². The summed E-state index contributed by atoms with van der Waals surface area (Å²) in [6.45, 7) is 10.3. The van der Waals surface area contributed by atoms with E-state index in [9.17, 15) is 4.79 Å². The first-order chi connectivity index (χ1) is 10.0. The van der Waals surface area contributed by atoms with Crippen LogP contribution in [0.2, 0.25) is 0 Å². The van der Waals surface area contributed by atoms with Crippen molar-refractivity contribution in [1.82, 2.24) is 9.80 Å². The Morgan fingerprint density at radius 2 is 2.10 bits per heavy atom. The van der Waals surface area contributed by atoms with E-state index in [-0.39, 0.29) is 5.78 Å². The van der Waals surface area contributed by atoms with Gasteiger partial charge >= 0.3 is 0 Å². The lowest BCUT2D eigenvalue weighted by molar-refractivity contribution is 0.0535. The van der Waals surface area contributed by atoms with Crippen molar-refractivity contribution < 1.29 is 4.79 Å². The first kappa shape index (κ1) is 14.7. The van der Waals surface area contributed by atoms with Gasteiger partial charge in [-0.2, -0.15) is 0 Å². The van der Waals surface area contributed by atoms with Gasteiger partial charge in [-0.05, 0) is 51.8 Å². The second-order valence-corrected chi connectivity index (χ2v) is 6.81. The van der Waals surface area contributed by atoms with Crippen LogP contribution < -0.4 is 0 Å². The molecule has 2 atom stereocenters. The molecule has 2 saturated heterocycles. The fraction of sp³-hybridized carbons (Fsp3) is 0.611. The number of carbonyl (C=O) groups is 1. The smallest absolute Gasteiger partial charge is 0.177 e. The molecule has 0 spiro atoms. The minimum atomic E-state index is 0.273. The largest absolute Gasteiger partial charge is 0.298 e. The summed E-state index contributed by atoms with van der Waals surface area (Å²) in [4.78, 5) is 17.7. The molecule has 3 nitrogen and oxygen atoms in total. The molecule has 2 unspecified atom stereocenters. The lowest BCUT2D eigenvalue weighted by Crippen LogP contribution is -2.56. The molecule has 2 heterocycles. The molecular weight excluding hydrogens is 260 g/mol. The van der Waals surface area contributed by atoms with Crippen molar-refractivity contribution in [3.63, 3.8) is 0 Å². The number of carbonyl (C=O) groups excluding carboxylic acids is 1. The summed E-state index contributed by atoms with van der Waals surface area (Å²) in [7, 11) is 0. The fourth-order valence-corrected chi connectivity index (χ4v) is 3.77. The molecule has 0 bridgehead atoms. The number of ketones is 1. The lowest BCUT2D eigenvalue weighted by Gasteiger charge is -2.42. The molecule has 0 aromatic heterocycles. The van der Waals surface area contributed by atoms with E-state index in [2.05, 4.69) is 35.8 Å². The van der Waals surface area contributed by atoms with Gasteiger partial charge in [-0.3, -0.25) is 14.6 Å². The highest BCUT2D eigenvalue weighted by Crippen LogP contribution is 2.25. The van der Waals surface area contributed by atoms with Gasteiger partial charge in [0.15, 0.2) is 5.78 Å². The van der Waals surface area contributed by atoms with Crippen LogP contribution in [0.4, 0.5) is 0 Å². The molecule has 21 heavy (non-hydrogen) atoms. The predicted octanol–water partition coefficient (Wildman–Crippen LogP) is 2.65. The van der Waals surface area contributed by atoms with Crippen molar-refractivity contribution in [3.05, 3.63) is 34.9 Å². The summed E-state index contributed by atoms with van der Waals surface area (Å²) in [5.41, 5.74) is 3.16. The Labute approximate surface area is 127 Å². The van der Waals surface area contributed by atoms with Crippen molar-refractivity contribution in [2.75, 3.05) is 26.2 Å². The highest BCUT2D eigenvalue weighted by molar-refractivity contribution is 5.99. The second-order valence-electron chi connectivity index (χ2n) is 6.81. The number of hydrogen-bond acceptors (Lipinski definition) is 3. The first-order valence-electron chi connectivity index (χ1n) is 8.13. The lowest BCUT2D eigenvalue weighted by atomic mass is 10.0. The maximum atomic E-state index is 12.7. The molecule has 2 fully saturated rings. The number of nitrogens with zero attached hydrogens (tertiary/aromatic N) is 2. The molecule has 3 rings (SSSR count). The van der Waals surface area contributed by atoms with E-state index in [0.717, 1.165) is 29.8 Å². The summed E-state index contributed by atoms with van der Waals surface area (Å²) in [5.74, 6) is 0.273. The van der Waals surface area contributed by atoms with Gasteiger partial charge in [-0.1, -0.05) is 17.7 Å². The van der Waals surface area contributed by atoms with E-state index in [1.165, 1.54) is 19.4 Å². The van der Waals surface area contributed by atoms with Gasteiger partial charge in [0.2, 0.25) is 0 Å². The quantitative estimate of drug-likeness (QED) is 0.798. The second kappa shape index (κ2) is 5.90. The van der Waals surface area contributed by atoms with Crippen molar-refractivity contribution in [2.45, 2.75) is 45.7 Å².